The summed E-state index contributed by atoms with van der Waals surface area (Å²) in [7, 11) is 1.66. The number of rotatable bonds is 4. The number of piperidine rings is 1. The Labute approximate surface area is 181 Å². The van der Waals surface area contributed by atoms with Crippen molar-refractivity contribution in [2.45, 2.75) is 50.9 Å². The predicted molar refractivity (Wildman–Crippen MR) is 113 cm³/mol. The minimum atomic E-state index is -4.39. The van der Waals surface area contributed by atoms with Gasteiger partial charge in [0.05, 0.1) is 18.7 Å². The quantitative estimate of drug-likeness (QED) is 0.576. The van der Waals surface area contributed by atoms with E-state index in [9.17, 15) is 18.0 Å². The number of hydrogen-bond acceptors (Lipinski definition) is 3. The van der Waals surface area contributed by atoms with E-state index < -0.39 is 17.8 Å². The fourth-order valence-electron chi connectivity index (χ4n) is 4.18. The van der Waals surface area contributed by atoms with Crippen LogP contribution in [0.3, 0.4) is 0 Å². The summed E-state index contributed by atoms with van der Waals surface area (Å²) in [6, 6.07) is 5.54. The minimum Gasteiger partial charge on any atom is -0.370 e. The number of carbonyl (C=O) groups is 1. The molecule has 1 N–H and O–H groups in total. The summed E-state index contributed by atoms with van der Waals surface area (Å²) in [5.41, 5.74) is -0.192. The lowest BCUT2D eigenvalue weighted by Crippen LogP contribution is -2.49. The Morgan fingerprint density at radius 2 is 2.10 bits per heavy atom. The van der Waals surface area contributed by atoms with Crippen LogP contribution in [-0.4, -0.2) is 67.5 Å². The summed E-state index contributed by atoms with van der Waals surface area (Å²) >= 11 is 0. The molecule has 0 bridgehead atoms. The summed E-state index contributed by atoms with van der Waals surface area (Å²) in [4.78, 5) is 20.7. The van der Waals surface area contributed by atoms with Crippen molar-refractivity contribution in [3.05, 3.63) is 35.4 Å². The van der Waals surface area contributed by atoms with E-state index in [1.807, 2.05) is 9.80 Å². The van der Waals surface area contributed by atoms with Crippen LogP contribution in [0.4, 0.5) is 13.2 Å². The van der Waals surface area contributed by atoms with Crippen LogP contribution >= 0.6 is 0 Å². The number of nitrogens with zero attached hydrogens (tertiary/aromatic N) is 3. The fraction of sp³-hybridized carbons (Fsp3) is 0.636. The third-order valence-electron chi connectivity index (χ3n) is 5.91. The van der Waals surface area contributed by atoms with Crippen molar-refractivity contribution < 1.29 is 22.7 Å². The SMILES string of the molecule is CN=C(NCCC(=O)N1CCCCC1C)N1CCOC(c2cccc(C(F)(F)F)c2)C1. The van der Waals surface area contributed by atoms with Gasteiger partial charge in [0, 0.05) is 39.1 Å². The normalized spacial score (nSPS) is 23.1. The molecule has 0 aromatic heterocycles. The molecule has 1 amide bonds. The fourth-order valence-corrected chi connectivity index (χ4v) is 4.18. The van der Waals surface area contributed by atoms with E-state index in [1.165, 1.54) is 12.5 Å². The molecule has 1 aromatic rings. The molecule has 2 fully saturated rings. The number of nitrogens with one attached hydrogen (secondary N) is 1. The molecule has 2 aliphatic heterocycles. The van der Waals surface area contributed by atoms with Gasteiger partial charge in [0.15, 0.2) is 5.96 Å². The molecule has 0 saturated carbocycles. The smallest absolute Gasteiger partial charge is 0.370 e. The number of ether oxygens (including phenoxy) is 1. The molecule has 0 aliphatic carbocycles. The zero-order valence-electron chi connectivity index (χ0n) is 18.1. The topological polar surface area (TPSA) is 57.2 Å². The Balaban J connectivity index is 1.55. The summed E-state index contributed by atoms with van der Waals surface area (Å²) in [6.45, 7) is 4.71. The molecule has 2 saturated heterocycles. The van der Waals surface area contributed by atoms with Gasteiger partial charge in [-0.3, -0.25) is 9.79 Å². The Morgan fingerprint density at radius 3 is 2.81 bits per heavy atom. The van der Waals surface area contributed by atoms with Crippen LogP contribution in [0.15, 0.2) is 29.3 Å². The molecular formula is C22H31F3N4O2. The molecule has 0 radical (unpaired) electrons. The maximum atomic E-state index is 13.0. The average molecular weight is 441 g/mol. The first-order valence-corrected chi connectivity index (χ1v) is 10.8. The van der Waals surface area contributed by atoms with Crippen molar-refractivity contribution in [2.24, 2.45) is 4.99 Å². The van der Waals surface area contributed by atoms with Crippen LogP contribution < -0.4 is 5.32 Å². The Bertz CT molecular complexity index is 784. The summed E-state index contributed by atoms with van der Waals surface area (Å²) < 4.78 is 44.9. The Hall–Kier alpha value is -2.29. The maximum Gasteiger partial charge on any atom is 0.416 e. The van der Waals surface area contributed by atoms with Crippen LogP contribution in [0, 0.1) is 0 Å². The van der Waals surface area contributed by atoms with Crippen molar-refractivity contribution in [1.82, 2.24) is 15.1 Å². The van der Waals surface area contributed by atoms with Crippen LogP contribution in [0.5, 0.6) is 0 Å². The van der Waals surface area contributed by atoms with Crippen molar-refractivity contribution in [1.29, 1.82) is 0 Å². The molecule has 3 rings (SSSR count). The molecule has 1 aromatic carbocycles. The van der Waals surface area contributed by atoms with Gasteiger partial charge in [-0.2, -0.15) is 13.2 Å². The van der Waals surface area contributed by atoms with Crippen LogP contribution in [-0.2, 0) is 15.7 Å². The van der Waals surface area contributed by atoms with Gasteiger partial charge < -0.3 is 19.9 Å². The molecule has 2 aliphatic rings. The second kappa shape index (κ2) is 10.3. The zero-order valence-corrected chi connectivity index (χ0v) is 18.1. The molecule has 9 heteroatoms. The highest BCUT2D eigenvalue weighted by Crippen LogP contribution is 2.32. The van der Waals surface area contributed by atoms with Crippen molar-refractivity contribution in [3.8, 4) is 0 Å². The van der Waals surface area contributed by atoms with Gasteiger partial charge in [-0.15, -0.1) is 0 Å². The van der Waals surface area contributed by atoms with E-state index in [1.54, 1.807) is 13.1 Å². The maximum absolute atomic E-state index is 13.0. The highest BCUT2D eigenvalue weighted by Gasteiger charge is 2.32. The Morgan fingerprint density at radius 1 is 1.29 bits per heavy atom. The van der Waals surface area contributed by atoms with E-state index in [0.29, 0.717) is 44.2 Å². The van der Waals surface area contributed by atoms with E-state index in [2.05, 4.69) is 17.2 Å². The second-order valence-electron chi connectivity index (χ2n) is 8.08. The first kappa shape index (κ1) is 23.4. The van der Waals surface area contributed by atoms with Gasteiger partial charge in [0.2, 0.25) is 5.91 Å². The first-order chi connectivity index (χ1) is 14.8. The first-order valence-electron chi connectivity index (χ1n) is 10.8. The highest BCUT2D eigenvalue weighted by atomic mass is 19.4. The van der Waals surface area contributed by atoms with Gasteiger partial charge in [-0.05, 0) is 43.9 Å². The number of halogens is 3. The highest BCUT2D eigenvalue weighted by molar-refractivity contribution is 5.81. The molecule has 2 atom stereocenters. The summed E-state index contributed by atoms with van der Waals surface area (Å²) in [6.07, 6.45) is -1.22. The molecule has 6 nitrogen and oxygen atoms in total. The lowest BCUT2D eigenvalue weighted by Gasteiger charge is -2.36. The van der Waals surface area contributed by atoms with Gasteiger partial charge in [0.25, 0.3) is 0 Å². The number of carbonyl (C=O) groups excluding carboxylic acids is 1. The molecular weight excluding hydrogens is 409 g/mol. The van der Waals surface area contributed by atoms with Gasteiger partial charge in [-0.1, -0.05) is 12.1 Å². The monoisotopic (exact) mass is 440 g/mol. The third-order valence-corrected chi connectivity index (χ3v) is 5.91. The molecule has 172 valence electrons. The number of benzene rings is 1. The van der Waals surface area contributed by atoms with E-state index in [0.717, 1.165) is 31.5 Å². The van der Waals surface area contributed by atoms with Crippen LogP contribution in [0.2, 0.25) is 0 Å². The Kier molecular flexibility index (Phi) is 7.80. The standard InChI is InChI=1S/C22H31F3N4O2/c1-16-6-3-4-11-29(16)20(30)9-10-27-21(26-2)28-12-13-31-19(15-28)17-7-5-8-18(14-17)22(23,24)25/h5,7-8,14,16,19H,3-4,6,9-13,15H2,1-2H3,(H,26,27). The van der Waals surface area contributed by atoms with Crippen LogP contribution in [0.25, 0.3) is 0 Å². The molecule has 2 heterocycles. The number of guanidine groups is 1. The molecule has 0 spiro atoms. The van der Waals surface area contributed by atoms with E-state index in [-0.39, 0.29) is 11.9 Å². The number of likely N-dealkylation sites (tertiary alicyclic amines) is 1. The van der Waals surface area contributed by atoms with Crippen molar-refractivity contribution in [2.75, 3.05) is 39.8 Å². The van der Waals surface area contributed by atoms with Crippen molar-refractivity contribution >= 4 is 11.9 Å². The van der Waals surface area contributed by atoms with Crippen LogP contribution in [0.1, 0.15) is 49.8 Å². The predicted octanol–water partition coefficient (Wildman–Crippen LogP) is 3.45. The lowest BCUT2D eigenvalue weighted by molar-refractivity contribution is -0.138. The lowest BCUT2D eigenvalue weighted by atomic mass is 10.0. The van der Waals surface area contributed by atoms with Gasteiger partial charge >= 0.3 is 6.18 Å². The number of amides is 1. The summed E-state index contributed by atoms with van der Waals surface area (Å²) in [5, 5.41) is 3.22. The zero-order chi connectivity index (χ0) is 22.4. The summed E-state index contributed by atoms with van der Waals surface area (Å²) in [5.74, 6) is 0.763. The minimum absolute atomic E-state index is 0.138. The van der Waals surface area contributed by atoms with E-state index >= 15 is 0 Å². The molecule has 2 unspecified atom stereocenters. The number of aliphatic imine (C=N–C) groups is 1. The number of alkyl halides is 3. The number of hydrogen-bond donors (Lipinski definition) is 1. The van der Waals surface area contributed by atoms with Gasteiger partial charge in [-0.25, -0.2) is 0 Å². The number of morpholine rings is 1. The second-order valence-corrected chi connectivity index (χ2v) is 8.08. The van der Waals surface area contributed by atoms with Crippen molar-refractivity contribution in [3.63, 3.8) is 0 Å². The van der Waals surface area contributed by atoms with Gasteiger partial charge in [0.1, 0.15) is 6.10 Å². The average Bonchev–Trinajstić information content (AvgIpc) is 2.76. The van der Waals surface area contributed by atoms with E-state index in [4.69, 9.17) is 4.74 Å². The largest absolute Gasteiger partial charge is 0.416 e. The third kappa shape index (κ3) is 6.12. The molecule has 31 heavy (non-hydrogen) atoms.